The van der Waals surface area contributed by atoms with Crippen LogP contribution in [0.4, 0.5) is 0 Å². The van der Waals surface area contributed by atoms with Gasteiger partial charge in [0.05, 0.1) is 19.8 Å². The third kappa shape index (κ3) is 25.7. The van der Waals surface area contributed by atoms with Crippen molar-refractivity contribution in [3.63, 3.8) is 0 Å². The summed E-state index contributed by atoms with van der Waals surface area (Å²) in [5, 5.41) is 18.5. The average molecular weight is 570 g/mol. The predicted molar refractivity (Wildman–Crippen MR) is 149 cm³/mol. The van der Waals surface area contributed by atoms with Gasteiger partial charge in [0.25, 0.3) is 0 Å². The molecule has 0 aromatic carbocycles. The van der Waals surface area contributed by atoms with Crippen LogP contribution in [0, 0.1) is 0 Å². The van der Waals surface area contributed by atoms with Crippen molar-refractivity contribution in [3.05, 3.63) is 0 Å². The largest absolute Gasteiger partial charge is 0.472 e. The summed E-state index contributed by atoms with van der Waals surface area (Å²) in [5.41, 5.74) is 0. The van der Waals surface area contributed by atoms with Crippen LogP contribution < -0.4 is 0 Å². The Bertz CT molecular complexity index is 595. The zero-order valence-electron chi connectivity index (χ0n) is 24.2. The molecule has 10 nitrogen and oxygen atoms in total. The third-order valence-electron chi connectivity index (χ3n) is 6.14. The Morgan fingerprint density at radius 2 is 1.32 bits per heavy atom. The van der Waals surface area contributed by atoms with Crippen LogP contribution in [-0.4, -0.2) is 85.4 Å². The van der Waals surface area contributed by atoms with Gasteiger partial charge in [-0.2, -0.15) is 0 Å². The van der Waals surface area contributed by atoms with Gasteiger partial charge in [-0.15, -0.1) is 0 Å². The van der Waals surface area contributed by atoms with Gasteiger partial charge >= 0.3 is 13.8 Å². The number of aliphatic hydroxyl groups excluding tert-OH is 2. The van der Waals surface area contributed by atoms with Gasteiger partial charge in [0.1, 0.15) is 12.7 Å². The van der Waals surface area contributed by atoms with Crippen molar-refractivity contribution in [2.24, 2.45) is 0 Å². The second-order valence-electron chi connectivity index (χ2n) is 10.2. The number of hydrogen-bond acceptors (Lipinski definition) is 9. The van der Waals surface area contributed by atoms with Crippen molar-refractivity contribution < 1.29 is 43.0 Å². The first-order valence-electron chi connectivity index (χ1n) is 14.6. The van der Waals surface area contributed by atoms with Gasteiger partial charge in [-0.3, -0.25) is 13.8 Å². The summed E-state index contributed by atoms with van der Waals surface area (Å²) in [6.45, 7) is 1.24. The zero-order valence-corrected chi connectivity index (χ0v) is 25.1. The molecular formula is C27H56NO9P. The van der Waals surface area contributed by atoms with Crippen LogP contribution in [0.15, 0.2) is 0 Å². The SMILES string of the molecule is CCCCCCCCCCCCCCCCCC(=O)OCC(COP(=O)(O)OCCN(C)C)OC(O)CO. The molecule has 0 heterocycles. The number of unbranched alkanes of at least 4 members (excludes halogenated alkanes) is 14. The molecule has 0 spiro atoms. The molecule has 3 atom stereocenters. The number of esters is 1. The number of phosphoric ester groups is 1. The van der Waals surface area contributed by atoms with E-state index in [1.165, 1.54) is 77.0 Å². The summed E-state index contributed by atoms with van der Waals surface area (Å²) in [6, 6.07) is 0. The smallest absolute Gasteiger partial charge is 0.463 e. The number of hydrogen-bond donors (Lipinski definition) is 3. The number of rotatable bonds is 28. The topological polar surface area (TPSA) is 135 Å². The molecule has 228 valence electrons. The molecule has 11 heteroatoms. The lowest BCUT2D eigenvalue weighted by atomic mass is 10.0. The second-order valence-corrected chi connectivity index (χ2v) is 11.6. The van der Waals surface area contributed by atoms with Crippen LogP contribution in [0.2, 0.25) is 0 Å². The van der Waals surface area contributed by atoms with Crippen molar-refractivity contribution in [2.45, 2.75) is 122 Å². The minimum atomic E-state index is -4.34. The molecule has 3 unspecified atom stereocenters. The molecule has 0 rings (SSSR count). The molecule has 0 bridgehead atoms. The van der Waals surface area contributed by atoms with Crippen LogP contribution in [0.3, 0.4) is 0 Å². The van der Waals surface area contributed by atoms with Gasteiger partial charge in [0, 0.05) is 13.0 Å². The van der Waals surface area contributed by atoms with Crippen molar-refractivity contribution in [1.82, 2.24) is 4.90 Å². The van der Waals surface area contributed by atoms with Crippen LogP contribution in [0.25, 0.3) is 0 Å². The van der Waals surface area contributed by atoms with Crippen molar-refractivity contribution >= 4 is 13.8 Å². The lowest BCUT2D eigenvalue weighted by Gasteiger charge is -2.22. The van der Waals surface area contributed by atoms with E-state index in [4.69, 9.17) is 23.6 Å². The third-order valence-corrected chi connectivity index (χ3v) is 7.12. The van der Waals surface area contributed by atoms with Crippen LogP contribution in [0.1, 0.15) is 110 Å². The Labute approximate surface area is 231 Å². The molecule has 0 amide bonds. The number of ether oxygens (including phenoxy) is 2. The molecule has 0 aromatic heterocycles. The van der Waals surface area contributed by atoms with Crippen molar-refractivity contribution in [2.75, 3.05) is 47.1 Å². The first kappa shape index (κ1) is 37.4. The highest BCUT2D eigenvalue weighted by molar-refractivity contribution is 7.47. The summed E-state index contributed by atoms with van der Waals surface area (Å²) in [4.78, 5) is 23.6. The summed E-state index contributed by atoms with van der Waals surface area (Å²) in [5.74, 6) is -0.416. The molecule has 0 aromatic rings. The van der Waals surface area contributed by atoms with Crippen LogP contribution >= 0.6 is 7.82 Å². The Hall–Kier alpha value is -0.580. The number of nitrogens with zero attached hydrogens (tertiary/aromatic N) is 1. The summed E-state index contributed by atoms with van der Waals surface area (Å²) < 4.78 is 32.1. The Morgan fingerprint density at radius 3 is 1.79 bits per heavy atom. The van der Waals surface area contributed by atoms with Gasteiger partial charge < -0.3 is 29.5 Å². The fourth-order valence-corrected chi connectivity index (χ4v) is 4.59. The van der Waals surface area contributed by atoms with E-state index in [2.05, 4.69) is 6.92 Å². The number of phosphoric acid groups is 1. The van der Waals surface area contributed by atoms with E-state index in [0.29, 0.717) is 6.54 Å². The second kappa shape index (κ2) is 25.4. The Kier molecular flexibility index (Phi) is 25.0. The van der Waals surface area contributed by atoms with Gasteiger partial charge in [-0.1, -0.05) is 96.8 Å². The molecule has 3 N–H and O–H groups in total. The molecule has 0 aliphatic heterocycles. The van der Waals surface area contributed by atoms with E-state index < -0.39 is 39.4 Å². The highest BCUT2D eigenvalue weighted by Crippen LogP contribution is 2.43. The van der Waals surface area contributed by atoms with E-state index in [0.717, 1.165) is 19.3 Å². The molecule has 0 aliphatic rings. The lowest BCUT2D eigenvalue weighted by Crippen LogP contribution is -2.33. The van der Waals surface area contributed by atoms with Gasteiger partial charge in [-0.05, 0) is 20.5 Å². The fraction of sp³-hybridized carbons (Fsp3) is 0.963. The van der Waals surface area contributed by atoms with E-state index in [-0.39, 0.29) is 19.6 Å². The number of carbonyl (C=O) groups excluding carboxylic acids is 1. The summed E-state index contributed by atoms with van der Waals surface area (Å²) in [7, 11) is -0.755. The van der Waals surface area contributed by atoms with Gasteiger partial charge in [0.2, 0.25) is 0 Å². The highest BCUT2D eigenvalue weighted by atomic mass is 31.2. The van der Waals surface area contributed by atoms with Crippen LogP contribution in [-0.2, 0) is 27.9 Å². The molecule has 0 radical (unpaired) electrons. The van der Waals surface area contributed by atoms with Crippen molar-refractivity contribution in [1.29, 1.82) is 0 Å². The van der Waals surface area contributed by atoms with Crippen LogP contribution in [0.5, 0.6) is 0 Å². The molecule has 0 fully saturated rings. The predicted octanol–water partition coefficient (Wildman–Crippen LogP) is 5.18. The van der Waals surface area contributed by atoms with Gasteiger partial charge in [-0.25, -0.2) is 4.57 Å². The van der Waals surface area contributed by atoms with Gasteiger partial charge in [0.15, 0.2) is 6.29 Å². The quantitative estimate of drug-likeness (QED) is 0.0500. The maximum atomic E-state index is 12.1. The highest BCUT2D eigenvalue weighted by Gasteiger charge is 2.25. The maximum absolute atomic E-state index is 12.1. The monoisotopic (exact) mass is 569 g/mol. The van der Waals surface area contributed by atoms with Crippen molar-refractivity contribution in [3.8, 4) is 0 Å². The van der Waals surface area contributed by atoms with E-state index >= 15 is 0 Å². The fourth-order valence-electron chi connectivity index (χ4n) is 3.84. The maximum Gasteiger partial charge on any atom is 0.472 e. The normalized spacial score (nSPS) is 14.9. The standard InChI is InChI=1S/C27H56NO9P/c1-4-5-6-7-8-9-10-11-12-13-14-15-16-17-18-19-26(30)34-23-25(37-27(31)22-29)24-36-38(32,33)35-21-20-28(2)3/h25,27,29,31H,4-24H2,1-3H3,(H,32,33). The zero-order chi connectivity index (χ0) is 28.5. The minimum absolute atomic E-state index is 0.0141. The molecule has 38 heavy (non-hydrogen) atoms. The molecule has 0 aliphatic carbocycles. The number of aliphatic hydroxyl groups is 2. The molecular weight excluding hydrogens is 513 g/mol. The van der Waals surface area contributed by atoms with E-state index in [1.54, 1.807) is 19.0 Å². The summed E-state index contributed by atoms with van der Waals surface area (Å²) >= 11 is 0. The number of carbonyl (C=O) groups is 1. The Balaban J connectivity index is 3.91. The summed E-state index contributed by atoms with van der Waals surface area (Å²) in [6.07, 6.45) is 16.4. The number of likely N-dealkylation sites (N-methyl/N-ethyl adjacent to an activating group) is 1. The first-order valence-corrected chi connectivity index (χ1v) is 16.1. The first-order chi connectivity index (χ1) is 18.2. The van der Waals surface area contributed by atoms with E-state index in [1.807, 2.05) is 0 Å². The Morgan fingerprint density at radius 1 is 0.816 bits per heavy atom. The molecule has 0 saturated heterocycles. The average Bonchev–Trinajstić information content (AvgIpc) is 2.87. The van der Waals surface area contributed by atoms with E-state index in [9.17, 15) is 19.4 Å². The minimum Gasteiger partial charge on any atom is -0.463 e. The lowest BCUT2D eigenvalue weighted by molar-refractivity contribution is -0.182. The molecule has 0 saturated carbocycles.